The van der Waals surface area contributed by atoms with Gasteiger partial charge < -0.3 is 16.8 Å². The van der Waals surface area contributed by atoms with Gasteiger partial charge in [0.2, 0.25) is 5.91 Å². The normalized spacial score (nSPS) is 10.3. The molecule has 0 aromatic heterocycles. The minimum Gasteiger partial charge on any atom is -0.399 e. The molecule has 0 saturated heterocycles. The van der Waals surface area contributed by atoms with Crippen molar-refractivity contribution in [3.8, 4) is 0 Å². The Morgan fingerprint density at radius 2 is 1.91 bits per heavy atom. The molecule has 0 spiro atoms. The molecule has 23 heavy (non-hydrogen) atoms. The number of hydrogen-bond donors (Lipinski definition) is 3. The molecular weight excluding hydrogens is 314 g/mol. The Bertz CT molecular complexity index is 732. The third-order valence-electron chi connectivity index (χ3n) is 3.37. The molecule has 0 heterocycles. The summed E-state index contributed by atoms with van der Waals surface area (Å²) in [6.45, 7) is 0.516. The van der Waals surface area contributed by atoms with E-state index < -0.39 is 5.91 Å². The molecule has 120 valence electrons. The average molecular weight is 332 g/mol. The average Bonchev–Trinajstić information content (AvgIpc) is 2.51. The molecule has 0 atom stereocenters. The Morgan fingerprint density at radius 1 is 1.13 bits per heavy atom. The SMILES string of the molecule is NC(=O)c1cc(C(=O)NCCCc2cccc(N)c2)ccc1Cl. The first-order valence-electron chi connectivity index (χ1n) is 7.19. The topological polar surface area (TPSA) is 98.2 Å². The molecule has 0 unspecified atom stereocenters. The van der Waals surface area contributed by atoms with E-state index in [0.29, 0.717) is 12.1 Å². The van der Waals surface area contributed by atoms with E-state index in [-0.39, 0.29) is 16.5 Å². The third-order valence-corrected chi connectivity index (χ3v) is 3.70. The minimum atomic E-state index is -0.661. The fourth-order valence-corrected chi connectivity index (χ4v) is 2.41. The highest BCUT2D eigenvalue weighted by molar-refractivity contribution is 6.34. The van der Waals surface area contributed by atoms with Gasteiger partial charge in [-0.05, 0) is 48.7 Å². The smallest absolute Gasteiger partial charge is 0.251 e. The van der Waals surface area contributed by atoms with Crippen molar-refractivity contribution in [2.75, 3.05) is 12.3 Å². The maximum atomic E-state index is 12.1. The van der Waals surface area contributed by atoms with Gasteiger partial charge in [0.15, 0.2) is 0 Å². The number of carbonyl (C=O) groups is 2. The van der Waals surface area contributed by atoms with E-state index in [9.17, 15) is 9.59 Å². The highest BCUT2D eigenvalue weighted by Gasteiger charge is 2.11. The maximum absolute atomic E-state index is 12.1. The zero-order chi connectivity index (χ0) is 16.8. The number of nitrogens with two attached hydrogens (primary N) is 2. The van der Waals surface area contributed by atoms with Crippen molar-refractivity contribution in [2.24, 2.45) is 5.73 Å². The zero-order valence-corrected chi connectivity index (χ0v) is 13.3. The fraction of sp³-hybridized carbons (Fsp3) is 0.176. The van der Waals surface area contributed by atoms with E-state index in [1.165, 1.54) is 12.1 Å². The largest absolute Gasteiger partial charge is 0.399 e. The molecular formula is C17H18ClN3O2. The van der Waals surface area contributed by atoms with Crippen molar-refractivity contribution in [3.63, 3.8) is 0 Å². The summed E-state index contributed by atoms with van der Waals surface area (Å²) < 4.78 is 0. The lowest BCUT2D eigenvalue weighted by atomic mass is 10.1. The molecule has 6 heteroatoms. The predicted octanol–water partition coefficient (Wildman–Crippen LogP) is 2.38. The summed E-state index contributed by atoms with van der Waals surface area (Å²) in [4.78, 5) is 23.3. The predicted molar refractivity (Wildman–Crippen MR) is 91.5 cm³/mol. The van der Waals surface area contributed by atoms with Gasteiger partial charge >= 0.3 is 0 Å². The van der Waals surface area contributed by atoms with Crippen molar-refractivity contribution in [1.82, 2.24) is 5.32 Å². The second-order valence-corrected chi connectivity index (χ2v) is 5.57. The van der Waals surface area contributed by atoms with Crippen LogP contribution in [-0.2, 0) is 6.42 Å². The van der Waals surface area contributed by atoms with Crippen molar-refractivity contribution in [3.05, 3.63) is 64.2 Å². The van der Waals surface area contributed by atoms with Crippen LogP contribution < -0.4 is 16.8 Å². The van der Waals surface area contributed by atoms with Crippen LogP contribution in [0.1, 0.15) is 32.7 Å². The third kappa shape index (κ3) is 4.72. The Labute approximate surface area is 139 Å². The van der Waals surface area contributed by atoms with Crippen LogP contribution in [0.3, 0.4) is 0 Å². The zero-order valence-electron chi connectivity index (χ0n) is 12.5. The van der Waals surface area contributed by atoms with Gasteiger partial charge in [-0.15, -0.1) is 0 Å². The molecule has 0 bridgehead atoms. The lowest BCUT2D eigenvalue weighted by molar-refractivity contribution is 0.0953. The van der Waals surface area contributed by atoms with Crippen LogP contribution in [0.15, 0.2) is 42.5 Å². The summed E-state index contributed by atoms with van der Waals surface area (Å²) in [6, 6.07) is 12.1. The van der Waals surface area contributed by atoms with E-state index in [1.807, 2.05) is 24.3 Å². The number of aryl methyl sites for hydroxylation is 1. The second-order valence-electron chi connectivity index (χ2n) is 5.16. The number of nitrogens with one attached hydrogen (secondary N) is 1. The molecule has 0 aliphatic rings. The summed E-state index contributed by atoms with van der Waals surface area (Å²) in [5.74, 6) is -0.928. The molecule has 2 amide bonds. The van der Waals surface area contributed by atoms with Crippen LogP contribution in [0.4, 0.5) is 5.69 Å². The summed E-state index contributed by atoms with van der Waals surface area (Å²) >= 11 is 5.86. The van der Waals surface area contributed by atoms with Crippen LogP contribution in [0.5, 0.6) is 0 Å². The number of primary amides is 1. The number of carbonyl (C=O) groups excluding carboxylic acids is 2. The van der Waals surface area contributed by atoms with Crippen molar-refractivity contribution < 1.29 is 9.59 Å². The Kier molecular flexibility index (Phi) is 5.60. The van der Waals surface area contributed by atoms with Gasteiger partial charge in [0.1, 0.15) is 0 Å². The van der Waals surface area contributed by atoms with Crippen LogP contribution in [0.2, 0.25) is 5.02 Å². The van der Waals surface area contributed by atoms with Gasteiger partial charge in [-0.2, -0.15) is 0 Å². The Morgan fingerprint density at radius 3 is 2.61 bits per heavy atom. The van der Waals surface area contributed by atoms with Crippen molar-refractivity contribution in [1.29, 1.82) is 0 Å². The monoisotopic (exact) mass is 331 g/mol. The lowest BCUT2D eigenvalue weighted by Gasteiger charge is -2.07. The molecule has 2 rings (SSSR count). The molecule has 2 aromatic carbocycles. The van der Waals surface area contributed by atoms with E-state index in [0.717, 1.165) is 24.1 Å². The van der Waals surface area contributed by atoms with Gasteiger partial charge in [0.25, 0.3) is 5.91 Å². The lowest BCUT2D eigenvalue weighted by Crippen LogP contribution is -2.25. The Balaban J connectivity index is 1.88. The number of hydrogen-bond acceptors (Lipinski definition) is 3. The molecule has 2 aromatic rings. The van der Waals surface area contributed by atoms with Crippen LogP contribution >= 0.6 is 11.6 Å². The standard InChI is InChI=1S/C17H18ClN3O2/c18-15-7-6-12(10-14(15)16(20)22)17(23)21-8-2-4-11-3-1-5-13(19)9-11/h1,3,5-7,9-10H,2,4,8,19H2,(H2,20,22)(H,21,23). The summed E-state index contributed by atoms with van der Waals surface area (Å²) in [5.41, 5.74) is 13.3. The molecule has 0 saturated carbocycles. The van der Waals surface area contributed by atoms with E-state index in [4.69, 9.17) is 23.1 Å². The quantitative estimate of drug-likeness (QED) is 0.560. The number of amides is 2. The first-order valence-corrected chi connectivity index (χ1v) is 7.57. The van der Waals surface area contributed by atoms with Crippen molar-refractivity contribution in [2.45, 2.75) is 12.8 Å². The summed E-state index contributed by atoms with van der Waals surface area (Å²) in [6.07, 6.45) is 1.60. The fourth-order valence-electron chi connectivity index (χ4n) is 2.20. The van der Waals surface area contributed by atoms with E-state index in [2.05, 4.69) is 5.32 Å². The molecule has 5 nitrogen and oxygen atoms in total. The minimum absolute atomic E-state index is 0.138. The van der Waals surface area contributed by atoms with Crippen LogP contribution in [-0.4, -0.2) is 18.4 Å². The Hall–Kier alpha value is -2.53. The number of benzene rings is 2. The highest BCUT2D eigenvalue weighted by Crippen LogP contribution is 2.17. The van der Waals surface area contributed by atoms with Gasteiger partial charge in [-0.3, -0.25) is 9.59 Å². The van der Waals surface area contributed by atoms with Crippen LogP contribution in [0, 0.1) is 0 Å². The van der Waals surface area contributed by atoms with E-state index in [1.54, 1.807) is 6.07 Å². The van der Waals surface area contributed by atoms with Gasteiger partial charge in [-0.25, -0.2) is 0 Å². The summed E-state index contributed by atoms with van der Waals surface area (Å²) in [7, 11) is 0. The summed E-state index contributed by atoms with van der Waals surface area (Å²) in [5, 5.41) is 3.04. The first kappa shape index (κ1) is 16.8. The molecule has 5 N–H and O–H groups in total. The van der Waals surface area contributed by atoms with Crippen molar-refractivity contribution >= 4 is 29.1 Å². The molecule has 0 aliphatic heterocycles. The van der Waals surface area contributed by atoms with Gasteiger partial charge in [0.05, 0.1) is 10.6 Å². The van der Waals surface area contributed by atoms with Crippen LogP contribution in [0.25, 0.3) is 0 Å². The van der Waals surface area contributed by atoms with Gasteiger partial charge in [0, 0.05) is 17.8 Å². The molecule has 0 fully saturated rings. The molecule has 0 radical (unpaired) electrons. The maximum Gasteiger partial charge on any atom is 0.251 e. The van der Waals surface area contributed by atoms with E-state index >= 15 is 0 Å². The van der Waals surface area contributed by atoms with Gasteiger partial charge in [-0.1, -0.05) is 23.7 Å². The number of anilines is 1. The number of halogens is 1. The molecule has 0 aliphatic carbocycles. The number of rotatable bonds is 6. The highest BCUT2D eigenvalue weighted by atomic mass is 35.5. The second kappa shape index (κ2) is 7.65. The first-order chi connectivity index (χ1) is 11.0. The number of nitrogen functional groups attached to an aromatic ring is 1.